The van der Waals surface area contributed by atoms with Crippen LogP contribution in [-0.2, 0) is 9.53 Å². The average Bonchev–Trinajstić information content (AvgIpc) is 2.74. The van der Waals surface area contributed by atoms with E-state index in [2.05, 4.69) is 10.3 Å². The zero-order valence-electron chi connectivity index (χ0n) is 18.2. The molecule has 10 heteroatoms. The Labute approximate surface area is 185 Å². The van der Waals surface area contributed by atoms with Gasteiger partial charge >= 0.3 is 0 Å². The predicted octanol–water partition coefficient (Wildman–Crippen LogP) is -0.608. The molecule has 2 heterocycles. The fraction of sp³-hybridized carbons (Fsp3) is 0.500. The first kappa shape index (κ1) is 24.0. The van der Waals surface area contributed by atoms with Gasteiger partial charge in [-0.1, -0.05) is 18.2 Å². The third kappa shape index (κ3) is 5.05. The van der Waals surface area contributed by atoms with Crippen LogP contribution in [0.5, 0.6) is 0 Å². The number of nitrogens with one attached hydrogen (secondary N) is 1. The summed E-state index contributed by atoms with van der Waals surface area (Å²) in [5, 5.41) is 43.9. The van der Waals surface area contributed by atoms with Crippen molar-refractivity contribution >= 4 is 22.7 Å². The van der Waals surface area contributed by atoms with Gasteiger partial charge < -0.3 is 35.4 Å². The van der Waals surface area contributed by atoms with E-state index < -0.39 is 61.1 Å². The van der Waals surface area contributed by atoms with Gasteiger partial charge in [0, 0.05) is 17.1 Å². The first-order chi connectivity index (χ1) is 15.0. The average molecular weight is 447 g/mol. The van der Waals surface area contributed by atoms with E-state index in [1.54, 1.807) is 45.0 Å². The molecule has 0 spiro atoms. The van der Waals surface area contributed by atoms with Crippen molar-refractivity contribution in [3.05, 3.63) is 42.1 Å². The van der Waals surface area contributed by atoms with Crippen LogP contribution in [0.4, 0.5) is 0 Å². The third-order valence-electron chi connectivity index (χ3n) is 5.13. The fourth-order valence-corrected chi connectivity index (χ4v) is 3.66. The van der Waals surface area contributed by atoms with Gasteiger partial charge in [0.2, 0.25) is 5.91 Å². The van der Waals surface area contributed by atoms with Crippen molar-refractivity contribution in [1.82, 2.24) is 15.2 Å². The van der Waals surface area contributed by atoms with Crippen molar-refractivity contribution in [1.29, 1.82) is 0 Å². The molecule has 2 amide bonds. The predicted molar refractivity (Wildman–Crippen MR) is 114 cm³/mol. The molecule has 1 saturated heterocycles. The van der Waals surface area contributed by atoms with Crippen LogP contribution in [-0.4, -0.2) is 91.5 Å². The van der Waals surface area contributed by atoms with Crippen molar-refractivity contribution in [3.8, 4) is 0 Å². The van der Waals surface area contributed by atoms with E-state index in [4.69, 9.17) is 4.74 Å². The van der Waals surface area contributed by atoms with E-state index in [1.165, 1.54) is 12.3 Å². The van der Waals surface area contributed by atoms with Crippen LogP contribution in [0.15, 0.2) is 36.5 Å². The van der Waals surface area contributed by atoms with Crippen molar-refractivity contribution < 1.29 is 34.8 Å². The lowest BCUT2D eigenvalue weighted by Crippen LogP contribution is -2.65. The summed E-state index contributed by atoms with van der Waals surface area (Å²) in [6, 6.07) is 8.49. The number of amides is 2. The molecule has 0 aliphatic carbocycles. The number of para-hydroxylation sites is 1. The molecule has 0 saturated carbocycles. The number of pyridine rings is 1. The maximum atomic E-state index is 13.6. The number of nitrogens with zero attached hydrogens (tertiary/aromatic N) is 2. The van der Waals surface area contributed by atoms with Gasteiger partial charge in [-0.25, -0.2) is 0 Å². The number of aliphatic hydroxyl groups excluding tert-OH is 4. The summed E-state index contributed by atoms with van der Waals surface area (Å²) in [5.74, 6) is -1.18. The number of hydrogen-bond acceptors (Lipinski definition) is 8. The van der Waals surface area contributed by atoms with E-state index in [0.717, 1.165) is 4.90 Å². The van der Waals surface area contributed by atoms with Crippen LogP contribution in [0, 0.1) is 0 Å². The van der Waals surface area contributed by atoms with E-state index in [1.807, 2.05) is 0 Å². The second-order valence-corrected chi connectivity index (χ2v) is 8.83. The molecule has 1 fully saturated rings. The summed E-state index contributed by atoms with van der Waals surface area (Å²) in [5.41, 5.74) is -0.0169. The molecule has 3 unspecified atom stereocenters. The summed E-state index contributed by atoms with van der Waals surface area (Å²) in [6.45, 7) is 4.17. The van der Waals surface area contributed by atoms with Crippen LogP contribution >= 0.6 is 0 Å². The maximum Gasteiger partial charge on any atom is 0.258 e. The number of carbonyl (C=O) groups excluding carboxylic acids is 2. The summed E-state index contributed by atoms with van der Waals surface area (Å²) in [7, 11) is 0. The van der Waals surface area contributed by atoms with Crippen molar-refractivity contribution in [3.63, 3.8) is 0 Å². The molecule has 5 N–H and O–H groups in total. The Bertz CT molecular complexity index is 970. The van der Waals surface area contributed by atoms with Gasteiger partial charge in [-0.2, -0.15) is 0 Å². The molecule has 1 aliphatic rings. The highest BCUT2D eigenvalue weighted by atomic mass is 16.6. The van der Waals surface area contributed by atoms with Gasteiger partial charge in [0.1, 0.15) is 31.0 Å². The van der Waals surface area contributed by atoms with Crippen LogP contribution in [0.1, 0.15) is 31.1 Å². The highest BCUT2D eigenvalue weighted by Crippen LogP contribution is 2.26. The molecule has 0 bridgehead atoms. The topological polar surface area (TPSA) is 152 Å². The van der Waals surface area contributed by atoms with Gasteiger partial charge in [-0.3, -0.25) is 14.6 Å². The van der Waals surface area contributed by atoms with Gasteiger partial charge in [-0.15, -0.1) is 0 Å². The number of ether oxygens (including phenoxy) is 1. The van der Waals surface area contributed by atoms with E-state index >= 15 is 0 Å². The minimum atomic E-state index is -1.72. The zero-order valence-corrected chi connectivity index (χ0v) is 18.2. The summed E-state index contributed by atoms with van der Waals surface area (Å²) in [6.07, 6.45) is -6.21. The molecule has 3 rings (SSSR count). The summed E-state index contributed by atoms with van der Waals surface area (Å²) >= 11 is 0. The first-order valence-corrected chi connectivity index (χ1v) is 10.3. The first-order valence-electron chi connectivity index (χ1n) is 10.3. The van der Waals surface area contributed by atoms with Crippen molar-refractivity contribution in [2.24, 2.45) is 0 Å². The van der Waals surface area contributed by atoms with Crippen LogP contribution in [0.25, 0.3) is 10.9 Å². The smallest absolute Gasteiger partial charge is 0.258 e. The van der Waals surface area contributed by atoms with E-state index in [-0.39, 0.29) is 5.56 Å². The Kier molecular flexibility index (Phi) is 7.11. The van der Waals surface area contributed by atoms with Gasteiger partial charge in [0.25, 0.3) is 5.91 Å². The number of aliphatic hydroxyl groups is 4. The largest absolute Gasteiger partial charge is 0.394 e. The van der Waals surface area contributed by atoms with E-state index in [9.17, 15) is 30.0 Å². The SMILES string of the molecule is CC(C)(C)NC(=O)CN(C(=O)c1cccc2cccnc12)[C@@H]1OC(CO)[C@H](O)C(O)C1O. The van der Waals surface area contributed by atoms with Crippen LogP contribution in [0.3, 0.4) is 0 Å². The molecule has 174 valence electrons. The quantitative estimate of drug-likeness (QED) is 0.407. The number of fused-ring (bicyclic) bond motifs is 1. The van der Waals surface area contributed by atoms with Gasteiger partial charge in [0.15, 0.2) is 6.23 Å². The zero-order chi connectivity index (χ0) is 23.6. The van der Waals surface area contributed by atoms with Crippen LogP contribution in [0.2, 0.25) is 0 Å². The lowest BCUT2D eigenvalue weighted by molar-refractivity contribution is -0.257. The molecule has 0 radical (unpaired) electrons. The Morgan fingerprint density at radius 3 is 2.44 bits per heavy atom. The second-order valence-electron chi connectivity index (χ2n) is 8.83. The number of aromatic nitrogens is 1. The Morgan fingerprint density at radius 1 is 1.09 bits per heavy atom. The molecule has 1 aromatic heterocycles. The third-order valence-corrected chi connectivity index (χ3v) is 5.13. The standard InChI is InChI=1S/C22H29N3O7/c1-22(2,3)24-15(27)10-25(21-19(30)18(29)17(28)14(11-26)32-21)20(31)13-8-4-6-12-7-5-9-23-16(12)13/h4-9,14,17-19,21,26,28-30H,10-11H2,1-3H3,(H,24,27)/t14?,17-,18?,19?,21+/m0/s1. The lowest BCUT2D eigenvalue weighted by atomic mass is 9.97. The highest BCUT2D eigenvalue weighted by Gasteiger charge is 2.47. The Balaban J connectivity index is 2.02. The lowest BCUT2D eigenvalue weighted by Gasteiger charge is -2.44. The molecule has 1 aromatic carbocycles. The van der Waals surface area contributed by atoms with Gasteiger partial charge in [-0.05, 0) is 32.9 Å². The molecule has 32 heavy (non-hydrogen) atoms. The molecular formula is C22H29N3O7. The minimum Gasteiger partial charge on any atom is -0.394 e. The second kappa shape index (κ2) is 9.47. The number of rotatable bonds is 5. The molecule has 1 aliphatic heterocycles. The van der Waals surface area contributed by atoms with Gasteiger partial charge in [0.05, 0.1) is 17.7 Å². The molecule has 5 atom stereocenters. The van der Waals surface area contributed by atoms with E-state index in [0.29, 0.717) is 10.9 Å². The monoisotopic (exact) mass is 447 g/mol. The summed E-state index contributed by atoms with van der Waals surface area (Å²) < 4.78 is 5.57. The minimum absolute atomic E-state index is 0.170. The van der Waals surface area contributed by atoms with Crippen LogP contribution < -0.4 is 5.32 Å². The Hall–Kier alpha value is -2.63. The summed E-state index contributed by atoms with van der Waals surface area (Å²) in [4.78, 5) is 31.5. The fourth-order valence-electron chi connectivity index (χ4n) is 3.66. The number of benzene rings is 1. The highest BCUT2D eigenvalue weighted by molar-refractivity contribution is 6.06. The maximum absolute atomic E-state index is 13.6. The number of carbonyl (C=O) groups is 2. The Morgan fingerprint density at radius 2 is 1.78 bits per heavy atom. The number of hydrogen-bond donors (Lipinski definition) is 5. The normalized spacial score (nSPS) is 26.0. The van der Waals surface area contributed by atoms with Crippen molar-refractivity contribution in [2.75, 3.05) is 13.2 Å². The molecular weight excluding hydrogens is 418 g/mol. The molecule has 2 aromatic rings. The molecule has 10 nitrogen and oxygen atoms in total. The van der Waals surface area contributed by atoms with Crippen molar-refractivity contribution in [2.45, 2.75) is 57.0 Å².